The zero-order chi connectivity index (χ0) is 17.4. The number of halogens is 2. The number of rotatable bonds is 4. The lowest BCUT2D eigenvalue weighted by atomic mass is 10.2. The van der Waals surface area contributed by atoms with Crippen LogP contribution in [0.5, 0.6) is 0 Å². The summed E-state index contributed by atoms with van der Waals surface area (Å²) in [6.45, 7) is 1.91. The minimum Gasteiger partial charge on any atom is -0.410 e. The fourth-order valence-electron chi connectivity index (χ4n) is 2.48. The van der Waals surface area contributed by atoms with E-state index in [-0.39, 0.29) is 0 Å². The van der Waals surface area contributed by atoms with Crippen molar-refractivity contribution in [2.75, 3.05) is 0 Å². The second-order valence-electron chi connectivity index (χ2n) is 5.41. The third kappa shape index (κ3) is 3.44. The van der Waals surface area contributed by atoms with Gasteiger partial charge in [-0.25, -0.2) is 4.98 Å². The molecule has 3 aromatic heterocycles. The zero-order valence-electron chi connectivity index (χ0n) is 13.1. The first-order chi connectivity index (χ1) is 12.1. The van der Waals surface area contributed by atoms with Crippen molar-refractivity contribution in [2.45, 2.75) is 17.9 Å². The maximum absolute atomic E-state index is 6.10. The Balaban J connectivity index is 1.60. The average molecular weight is 436 g/mol. The molecule has 0 saturated carbocycles. The SMILES string of the molecule is Cc1nc2ccc(Cl)cn2c1-c1nnc(SCc2ccc(Br)cc2)o1. The van der Waals surface area contributed by atoms with Gasteiger partial charge in [0.2, 0.25) is 0 Å². The quantitative estimate of drug-likeness (QED) is 0.402. The Morgan fingerprint density at radius 2 is 1.96 bits per heavy atom. The maximum atomic E-state index is 6.10. The predicted octanol–water partition coefficient (Wildman–Crippen LogP) is 5.40. The Bertz CT molecular complexity index is 1040. The Morgan fingerprint density at radius 1 is 1.16 bits per heavy atom. The molecule has 3 heterocycles. The summed E-state index contributed by atoms with van der Waals surface area (Å²) in [5.41, 5.74) is 3.56. The van der Waals surface area contributed by atoms with Gasteiger partial charge in [-0.3, -0.25) is 4.40 Å². The summed E-state index contributed by atoms with van der Waals surface area (Å²) in [5, 5.41) is 9.46. The normalized spacial score (nSPS) is 11.3. The summed E-state index contributed by atoms with van der Waals surface area (Å²) in [6, 6.07) is 11.8. The van der Waals surface area contributed by atoms with Crippen molar-refractivity contribution >= 4 is 44.9 Å². The average Bonchev–Trinajstić information content (AvgIpc) is 3.17. The van der Waals surface area contributed by atoms with E-state index in [9.17, 15) is 0 Å². The van der Waals surface area contributed by atoms with Crippen LogP contribution in [0.15, 0.2) is 56.7 Å². The molecule has 0 radical (unpaired) electrons. The fourth-order valence-corrected chi connectivity index (χ4v) is 3.63. The van der Waals surface area contributed by atoms with Gasteiger partial charge in [-0.1, -0.05) is 51.4 Å². The van der Waals surface area contributed by atoms with Gasteiger partial charge in [0.1, 0.15) is 11.3 Å². The van der Waals surface area contributed by atoms with Crippen LogP contribution in [0.25, 0.3) is 17.2 Å². The summed E-state index contributed by atoms with van der Waals surface area (Å²) in [6.07, 6.45) is 1.80. The van der Waals surface area contributed by atoms with E-state index in [1.54, 1.807) is 12.3 Å². The van der Waals surface area contributed by atoms with Gasteiger partial charge in [0.05, 0.1) is 10.7 Å². The number of fused-ring (bicyclic) bond motifs is 1. The Kier molecular flexibility index (Phi) is 4.54. The highest BCUT2D eigenvalue weighted by atomic mass is 79.9. The number of imidazole rings is 1. The number of aryl methyl sites for hydroxylation is 1. The van der Waals surface area contributed by atoms with E-state index < -0.39 is 0 Å². The van der Waals surface area contributed by atoms with Gasteiger partial charge in [-0.05, 0) is 36.8 Å². The first kappa shape index (κ1) is 16.6. The molecule has 0 aliphatic carbocycles. The summed E-state index contributed by atoms with van der Waals surface area (Å²) in [4.78, 5) is 4.51. The molecule has 0 spiro atoms. The molecule has 0 atom stereocenters. The number of hydrogen-bond acceptors (Lipinski definition) is 5. The van der Waals surface area contributed by atoms with Crippen molar-refractivity contribution in [2.24, 2.45) is 0 Å². The molecular formula is C17H12BrClN4OS. The van der Waals surface area contributed by atoms with Gasteiger partial charge in [-0.2, -0.15) is 0 Å². The van der Waals surface area contributed by atoms with E-state index in [2.05, 4.69) is 43.2 Å². The number of benzene rings is 1. The monoisotopic (exact) mass is 434 g/mol. The van der Waals surface area contributed by atoms with Crippen LogP contribution in [0, 0.1) is 6.92 Å². The zero-order valence-corrected chi connectivity index (χ0v) is 16.3. The van der Waals surface area contributed by atoms with Crippen LogP contribution in [0.4, 0.5) is 0 Å². The first-order valence-electron chi connectivity index (χ1n) is 7.45. The van der Waals surface area contributed by atoms with E-state index in [1.165, 1.54) is 17.3 Å². The van der Waals surface area contributed by atoms with E-state index in [1.807, 2.05) is 29.5 Å². The molecule has 0 amide bonds. The summed E-state index contributed by atoms with van der Waals surface area (Å²) in [5.74, 6) is 1.19. The molecule has 4 aromatic rings. The highest BCUT2D eigenvalue weighted by Gasteiger charge is 2.17. The minimum atomic E-state index is 0.436. The van der Waals surface area contributed by atoms with Crippen molar-refractivity contribution in [3.8, 4) is 11.6 Å². The van der Waals surface area contributed by atoms with Crippen molar-refractivity contribution in [3.63, 3.8) is 0 Å². The number of pyridine rings is 1. The molecule has 126 valence electrons. The first-order valence-corrected chi connectivity index (χ1v) is 9.61. The molecule has 8 heteroatoms. The lowest BCUT2D eigenvalue weighted by molar-refractivity contribution is 0.464. The molecule has 25 heavy (non-hydrogen) atoms. The van der Waals surface area contributed by atoms with Crippen molar-refractivity contribution in [3.05, 3.63) is 63.3 Å². The third-order valence-electron chi connectivity index (χ3n) is 3.64. The molecule has 0 unspecified atom stereocenters. The summed E-state index contributed by atoms with van der Waals surface area (Å²) in [7, 11) is 0. The highest BCUT2D eigenvalue weighted by molar-refractivity contribution is 9.10. The smallest absolute Gasteiger partial charge is 0.277 e. The second-order valence-corrected chi connectivity index (χ2v) is 7.69. The molecular weight excluding hydrogens is 424 g/mol. The van der Waals surface area contributed by atoms with Gasteiger partial charge >= 0.3 is 0 Å². The lowest BCUT2D eigenvalue weighted by Crippen LogP contribution is -1.89. The summed E-state index contributed by atoms with van der Waals surface area (Å²) < 4.78 is 8.76. The van der Waals surface area contributed by atoms with Gasteiger partial charge in [0.15, 0.2) is 0 Å². The molecule has 0 fully saturated rings. The molecule has 1 aromatic carbocycles. The van der Waals surface area contributed by atoms with Crippen molar-refractivity contribution in [1.29, 1.82) is 0 Å². The molecule has 0 saturated heterocycles. The van der Waals surface area contributed by atoms with E-state index in [0.29, 0.717) is 16.1 Å². The summed E-state index contributed by atoms with van der Waals surface area (Å²) >= 11 is 11.0. The molecule has 0 N–H and O–H groups in total. The molecule has 0 aliphatic rings. The van der Waals surface area contributed by atoms with Gasteiger partial charge in [0.25, 0.3) is 11.1 Å². The number of nitrogens with zero attached hydrogens (tertiary/aromatic N) is 4. The van der Waals surface area contributed by atoms with E-state index in [0.717, 1.165) is 27.3 Å². The van der Waals surface area contributed by atoms with Crippen molar-refractivity contribution < 1.29 is 4.42 Å². The van der Waals surface area contributed by atoms with Crippen LogP contribution >= 0.6 is 39.3 Å². The van der Waals surface area contributed by atoms with E-state index in [4.69, 9.17) is 16.0 Å². The topological polar surface area (TPSA) is 56.2 Å². The van der Waals surface area contributed by atoms with Crippen LogP contribution < -0.4 is 0 Å². The van der Waals surface area contributed by atoms with Crippen LogP contribution in [-0.4, -0.2) is 19.6 Å². The molecule has 0 aliphatic heterocycles. The second kappa shape index (κ2) is 6.82. The molecule has 5 nitrogen and oxygen atoms in total. The number of thioether (sulfide) groups is 1. The molecule has 0 bridgehead atoms. The van der Waals surface area contributed by atoms with Gasteiger partial charge in [-0.15, -0.1) is 10.2 Å². The van der Waals surface area contributed by atoms with Crippen LogP contribution in [0.2, 0.25) is 5.02 Å². The van der Waals surface area contributed by atoms with Gasteiger partial charge < -0.3 is 4.42 Å². The molecule has 4 rings (SSSR count). The fraction of sp³-hybridized carbons (Fsp3) is 0.118. The Hall–Kier alpha value is -1.83. The predicted molar refractivity (Wildman–Crippen MR) is 102 cm³/mol. The van der Waals surface area contributed by atoms with E-state index >= 15 is 0 Å². The largest absolute Gasteiger partial charge is 0.410 e. The van der Waals surface area contributed by atoms with Gasteiger partial charge in [0, 0.05) is 16.4 Å². The lowest BCUT2D eigenvalue weighted by Gasteiger charge is -1.99. The Morgan fingerprint density at radius 3 is 2.76 bits per heavy atom. The maximum Gasteiger partial charge on any atom is 0.277 e. The minimum absolute atomic E-state index is 0.436. The Labute approximate surface area is 161 Å². The van der Waals surface area contributed by atoms with Crippen molar-refractivity contribution in [1.82, 2.24) is 19.6 Å². The third-order valence-corrected chi connectivity index (χ3v) is 5.28. The highest BCUT2D eigenvalue weighted by Crippen LogP contribution is 2.29. The van der Waals surface area contributed by atoms with Crippen LogP contribution in [0.3, 0.4) is 0 Å². The standard InChI is InChI=1S/C17H12BrClN4OS/c1-10-15(23-8-13(19)6-7-14(23)20-10)16-21-22-17(24-16)25-9-11-2-4-12(18)5-3-11/h2-8H,9H2,1H3. The number of hydrogen-bond donors (Lipinski definition) is 0. The van der Waals surface area contributed by atoms with Crippen LogP contribution in [0.1, 0.15) is 11.3 Å². The van der Waals surface area contributed by atoms with Crippen LogP contribution in [-0.2, 0) is 5.75 Å². The number of aromatic nitrogens is 4.